The van der Waals surface area contributed by atoms with Gasteiger partial charge in [0.05, 0.1) is 17.9 Å². The molecule has 5 aliphatic rings. The molecule has 8 nitrogen and oxygen atoms in total. The zero-order valence-electron chi connectivity index (χ0n) is 22.8. The SMILES string of the molecule is O=C1CCC(N2C(=O)c3cccc4c(Cc5cnn(C6CCN([C@H]7CCC78CCC8)CC6)c5)ccc2c34)C(=O)N1. The summed E-state index contributed by atoms with van der Waals surface area (Å²) < 4.78 is 2.18. The Hall–Kier alpha value is -3.52. The minimum Gasteiger partial charge on any atom is -0.300 e. The Morgan fingerprint density at radius 3 is 2.55 bits per heavy atom. The minimum atomic E-state index is -0.667. The van der Waals surface area contributed by atoms with Gasteiger partial charge >= 0.3 is 0 Å². The number of nitrogens with one attached hydrogen (secondary N) is 1. The summed E-state index contributed by atoms with van der Waals surface area (Å²) in [5, 5.41) is 9.11. The maximum atomic E-state index is 13.4. The van der Waals surface area contributed by atoms with Crippen LogP contribution in [0.3, 0.4) is 0 Å². The van der Waals surface area contributed by atoms with Crippen molar-refractivity contribution in [2.24, 2.45) is 5.41 Å². The Kier molecular flexibility index (Phi) is 5.46. The van der Waals surface area contributed by atoms with Gasteiger partial charge in [-0.15, -0.1) is 0 Å². The molecule has 2 saturated heterocycles. The Morgan fingerprint density at radius 2 is 1.82 bits per heavy atom. The van der Waals surface area contributed by atoms with E-state index in [0.29, 0.717) is 23.4 Å². The van der Waals surface area contributed by atoms with Gasteiger partial charge in [0.1, 0.15) is 6.04 Å². The average Bonchev–Trinajstić information content (AvgIpc) is 3.48. The average molecular weight is 538 g/mol. The number of likely N-dealkylation sites (tertiary alicyclic amines) is 1. The maximum absolute atomic E-state index is 13.4. The number of benzene rings is 2. The van der Waals surface area contributed by atoms with Crippen LogP contribution >= 0.6 is 0 Å². The summed E-state index contributed by atoms with van der Waals surface area (Å²) in [5.74, 6) is -0.850. The van der Waals surface area contributed by atoms with Crippen molar-refractivity contribution in [2.75, 3.05) is 18.0 Å². The van der Waals surface area contributed by atoms with Crippen LogP contribution < -0.4 is 10.2 Å². The fourth-order valence-electron chi connectivity index (χ4n) is 8.27. The largest absolute Gasteiger partial charge is 0.300 e. The number of nitrogens with zero attached hydrogens (tertiary/aromatic N) is 4. The second-order valence-corrected chi connectivity index (χ2v) is 12.7. The number of imide groups is 1. The van der Waals surface area contributed by atoms with Crippen LogP contribution in [0.15, 0.2) is 42.7 Å². The quantitative estimate of drug-likeness (QED) is 0.489. The molecule has 0 radical (unpaired) electrons. The number of carbonyl (C=O) groups is 3. The number of anilines is 1. The number of rotatable bonds is 5. The van der Waals surface area contributed by atoms with Gasteiger partial charge in [0.25, 0.3) is 5.91 Å². The Labute approximate surface area is 233 Å². The van der Waals surface area contributed by atoms with Gasteiger partial charge in [-0.25, -0.2) is 0 Å². The first-order valence-electron chi connectivity index (χ1n) is 15.0. The molecule has 1 aromatic heterocycles. The fourth-order valence-corrected chi connectivity index (χ4v) is 8.27. The number of carbonyl (C=O) groups excluding carboxylic acids is 3. The second kappa shape index (κ2) is 8.99. The van der Waals surface area contributed by atoms with Crippen molar-refractivity contribution >= 4 is 34.2 Å². The molecule has 2 aliphatic carbocycles. The second-order valence-electron chi connectivity index (χ2n) is 12.7. The highest BCUT2D eigenvalue weighted by Crippen LogP contribution is 2.58. The number of hydrogen-bond donors (Lipinski definition) is 1. The van der Waals surface area contributed by atoms with Gasteiger partial charge in [-0.3, -0.25) is 34.2 Å². The van der Waals surface area contributed by atoms with Crippen LogP contribution in [0.4, 0.5) is 5.69 Å². The van der Waals surface area contributed by atoms with E-state index in [1.54, 1.807) is 4.90 Å². The molecular weight excluding hydrogens is 502 g/mol. The topological polar surface area (TPSA) is 87.5 Å². The highest BCUT2D eigenvalue weighted by Gasteiger charge is 2.53. The lowest BCUT2D eigenvalue weighted by Gasteiger charge is -2.60. The monoisotopic (exact) mass is 537 g/mol. The van der Waals surface area contributed by atoms with E-state index in [4.69, 9.17) is 5.10 Å². The normalized spacial score (nSPS) is 26.3. The van der Waals surface area contributed by atoms with Crippen molar-refractivity contribution in [3.05, 3.63) is 59.4 Å². The van der Waals surface area contributed by atoms with Gasteiger partial charge in [-0.05, 0) is 79.0 Å². The first-order chi connectivity index (χ1) is 19.5. The summed E-state index contributed by atoms with van der Waals surface area (Å²) in [6.45, 7) is 2.36. The summed E-state index contributed by atoms with van der Waals surface area (Å²) in [6, 6.07) is 10.5. The third-order valence-electron chi connectivity index (χ3n) is 10.7. The molecule has 206 valence electrons. The first kappa shape index (κ1) is 24.3. The van der Waals surface area contributed by atoms with Crippen molar-refractivity contribution in [2.45, 2.75) is 82.3 Å². The van der Waals surface area contributed by atoms with E-state index in [0.717, 1.165) is 47.3 Å². The van der Waals surface area contributed by atoms with Crippen molar-refractivity contribution < 1.29 is 14.4 Å². The summed E-state index contributed by atoms with van der Waals surface area (Å²) in [4.78, 5) is 42.1. The van der Waals surface area contributed by atoms with E-state index in [1.807, 2.05) is 24.4 Å². The third kappa shape index (κ3) is 3.61. The van der Waals surface area contributed by atoms with Crippen LogP contribution in [0.2, 0.25) is 0 Å². The third-order valence-corrected chi connectivity index (χ3v) is 10.7. The molecule has 40 heavy (non-hydrogen) atoms. The molecule has 3 aromatic rings. The molecule has 8 heteroatoms. The predicted octanol–water partition coefficient (Wildman–Crippen LogP) is 4.36. The molecule has 2 atom stereocenters. The molecule has 4 fully saturated rings. The molecular formula is C32H35N5O3. The molecule has 1 unspecified atom stereocenters. The lowest BCUT2D eigenvalue weighted by Crippen LogP contribution is -2.59. The van der Waals surface area contributed by atoms with Crippen molar-refractivity contribution in [3.63, 3.8) is 0 Å². The summed E-state index contributed by atoms with van der Waals surface area (Å²) in [7, 11) is 0. The number of piperidine rings is 2. The van der Waals surface area contributed by atoms with Crippen LogP contribution in [0, 0.1) is 5.41 Å². The van der Waals surface area contributed by atoms with E-state index >= 15 is 0 Å². The number of amides is 3. The summed E-state index contributed by atoms with van der Waals surface area (Å²) in [5.41, 5.74) is 4.36. The van der Waals surface area contributed by atoms with E-state index < -0.39 is 11.9 Å². The molecule has 3 aliphatic heterocycles. The predicted molar refractivity (Wildman–Crippen MR) is 151 cm³/mol. The smallest absolute Gasteiger partial charge is 0.259 e. The van der Waals surface area contributed by atoms with Gasteiger partial charge in [0, 0.05) is 49.1 Å². The van der Waals surface area contributed by atoms with E-state index in [9.17, 15) is 14.4 Å². The van der Waals surface area contributed by atoms with Gasteiger partial charge in [-0.1, -0.05) is 24.6 Å². The van der Waals surface area contributed by atoms with Gasteiger partial charge in [0.15, 0.2) is 0 Å². The van der Waals surface area contributed by atoms with Gasteiger partial charge in [0.2, 0.25) is 11.8 Å². The molecule has 0 bridgehead atoms. The van der Waals surface area contributed by atoms with Crippen molar-refractivity contribution in [3.8, 4) is 0 Å². The van der Waals surface area contributed by atoms with Crippen molar-refractivity contribution in [1.29, 1.82) is 0 Å². The highest BCUT2D eigenvalue weighted by atomic mass is 16.2. The zero-order valence-corrected chi connectivity index (χ0v) is 22.8. The Balaban J connectivity index is 1.00. The lowest BCUT2D eigenvalue weighted by atomic mass is 9.52. The fraction of sp³-hybridized carbons (Fsp3) is 0.500. The number of hydrogen-bond acceptors (Lipinski definition) is 5. The molecule has 1 spiro atoms. The molecule has 4 heterocycles. The van der Waals surface area contributed by atoms with Crippen LogP contribution in [-0.2, 0) is 16.0 Å². The van der Waals surface area contributed by atoms with Crippen molar-refractivity contribution in [1.82, 2.24) is 20.0 Å². The lowest BCUT2D eigenvalue weighted by molar-refractivity contribution is -0.134. The van der Waals surface area contributed by atoms with Crippen LogP contribution in [-0.4, -0.2) is 57.6 Å². The number of aromatic nitrogens is 2. The first-order valence-corrected chi connectivity index (χ1v) is 15.0. The minimum absolute atomic E-state index is 0.170. The summed E-state index contributed by atoms with van der Waals surface area (Å²) in [6.07, 6.45) is 15.0. The molecule has 3 amide bonds. The van der Waals surface area contributed by atoms with E-state index in [-0.39, 0.29) is 18.2 Å². The molecule has 1 N–H and O–H groups in total. The van der Waals surface area contributed by atoms with E-state index in [1.165, 1.54) is 50.8 Å². The highest BCUT2D eigenvalue weighted by molar-refractivity contribution is 6.27. The van der Waals surface area contributed by atoms with Crippen LogP contribution in [0.5, 0.6) is 0 Å². The molecule has 2 aromatic carbocycles. The molecule has 2 saturated carbocycles. The summed E-state index contributed by atoms with van der Waals surface area (Å²) >= 11 is 0. The Bertz CT molecular complexity index is 1540. The van der Waals surface area contributed by atoms with Crippen LogP contribution in [0.1, 0.15) is 85.3 Å². The van der Waals surface area contributed by atoms with Gasteiger partial charge in [-0.2, -0.15) is 5.10 Å². The van der Waals surface area contributed by atoms with Crippen LogP contribution in [0.25, 0.3) is 10.8 Å². The Morgan fingerprint density at radius 1 is 0.975 bits per heavy atom. The standard InChI is InChI=1S/C32H35N5O3/c38-28-8-7-26(30(39)34-28)37-25-6-5-21(23-3-1-4-24(29(23)25)31(37)40)17-20-18-33-36(19-20)22-10-15-35(16-11-22)27-9-14-32(27)12-2-13-32/h1,3-6,18-19,22,26-27H,2,7-17H2,(H,34,38,39)/t26?,27-/m0/s1. The van der Waals surface area contributed by atoms with Gasteiger partial charge < -0.3 is 0 Å². The van der Waals surface area contributed by atoms with E-state index in [2.05, 4.69) is 33.2 Å². The zero-order chi connectivity index (χ0) is 27.0. The maximum Gasteiger partial charge on any atom is 0.259 e. The molecule has 8 rings (SSSR count).